The summed E-state index contributed by atoms with van der Waals surface area (Å²) in [6.07, 6.45) is -0.0995. The van der Waals surface area contributed by atoms with Crippen LogP contribution in [0.15, 0.2) is 52.9 Å². The third kappa shape index (κ3) is 5.01. The number of furan rings is 1. The Hall–Kier alpha value is -3.61. The highest BCUT2D eigenvalue weighted by Crippen LogP contribution is 2.31. The van der Waals surface area contributed by atoms with Gasteiger partial charge in [0.1, 0.15) is 11.3 Å². The largest absolute Gasteiger partial charge is 0.466 e. The molecule has 1 heterocycles. The summed E-state index contributed by atoms with van der Waals surface area (Å²) in [6, 6.07) is 14.4. The van der Waals surface area contributed by atoms with Crippen molar-refractivity contribution in [1.29, 1.82) is 0 Å². The molecule has 3 aromatic rings. The molecule has 1 aromatic heterocycles. The molecule has 150 valence electrons. The number of carbonyl (C=O) groups is 3. The van der Waals surface area contributed by atoms with E-state index in [1.165, 1.54) is 0 Å². The van der Waals surface area contributed by atoms with Crippen molar-refractivity contribution >= 4 is 40.1 Å². The molecule has 0 radical (unpaired) electrons. The van der Waals surface area contributed by atoms with E-state index in [0.29, 0.717) is 16.7 Å². The molecule has 2 N–H and O–H groups in total. The van der Waals surface area contributed by atoms with Gasteiger partial charge >= 0.3 is 5.97 Å². The summed E-state index contributed by atoms with van der Waals surface area (Å²) in [6.45, 7) is 3.92. The molecule has 0 aliphatic carbocycles. The van der Waals surface area contributed by atoms with E-state index in [0.717, 1.165) is 5.56 Å². The highest BCUT2D eigenvalue weighted by molar-refractivity contribution is 6.14. The van der Waals surface area contributed by atoms with Gasteiger partial charge < -0.3 is 19.8 Å². The number of fused-ring (bicyclic) bond motifs is 1. The van der Waals surface area contributed by atoms with Crippen molar-refractivity contribution in [2.24, 2.45) is 0 Å². The van der Waals surface area contributed by atoms with Gasteiger partial charge in [-0.2, -0.15) is 0 Å². The van der Waals surface area contributed by atoms with Crippen molar-refractivity contribution < 1.29 is 23.5 Å². The second-order valence-electron chi connectivity index (χ2n) is 6.48. The standard InChI is InChI=1S/C22H22N2O5/c1-3-28-19(26)13-12-18(25)24-20-16-6-4-5-7-17(16)29-21(20)22(27)23-15-10-8-14(2)9-11-15/h4-11H,3,12-13H2,1-2H3,(H,23,27)(H,24,25). The minimum atomic E-state index is -0.481. The molecule has 29 heavy (non-hydrogen) atoms. The number of esters is 1. The zero-order chi connectivity index (χ0) is 20.8. The predicted octanol–water partition coefficient (Wildman–Crippen LogP) is 4.28. The lowest BCUT2D eigenvalue weighted by atomic mass is 10.2. The van der Waals surface area contributed by atoms with Crippen LogP contribution in [0.3, 0.4) is 0 Å². The molecular weight excluding hydrogens is 372 g/mol. The predicted molar refractivity (Wildman–Crippen MR) is 110 cm³/mol. The Kier molecular flexibility index (Phi) is 6.29. The zero-order valence-electron chi connectivity index (χ0n) is 16.3. The average Bonchev–Trinajstić information content (AvgIpc) is 3.07. The van der Waals surface area contributed by atoms with Gasteiger partial charge in [0.05, 0.1) is 13.0 Å². The molecule has 0 aliphatic heterocycles. The second-order valence-corrected chi connectivity index (χ2v) is 6.48. The van der Waals surface area contributed by atoms with Crippen LogP contribution >= 0.6 is 0 Å². The lowest BCUT2D eigenvalue weighted by Gasteiger charge is -2.08. The number of hydrogen-bond donors (Lipinski definition) is 2. The summed E-state index contributed by atoms with van der Waals surface area (Å²) in [5.74, 6) is -1.34. The van der Waals surface area contributed by atoms with Crippen molar-refractivity contribution in [3.05, 3.63) is 59.9 Å². The van der Waals surface area contributed by atoms with Gasteiger partial charge in [-0.1, -0.05) is 29.8 Å². The van der Waals surface area contributed by atoms with E-state index in [4.69, 9.17) is 9.15 Å². The number of carbonyl (C=O) groups excluding carboxylic acids is 3. The molecule has 0 saturated heterocycles. The van der Waals surface area contributed by atoms with Crippen molar-refractivity contribution in [3.63, 3.8) is 0 Å². The quantitative estimate of drug-likeness (QED) is 0.583. The van der Waals surface area contributed by atoms with E-state index in [-0.39, 0.29) is 30.9 Å². The molecule has 0 atom stereocenters. The molecule has 2 aromatic carbocycles. The fourth-order valence-electron chi connectivity index (χ4n) is 2.80. The van der Waals surface area contributed by atoms with Crippen molar-refractivity contribution in [3.8, 4) is 0 Å². The molecule has 0 saturated carbocycles. The minimum absolute atomic E-state index is 0.00346. The number of aryl methyl sites for hydroxylation is 1. The summed E-state index contributed by atoms with van der Waals surface area (Å²) in [5, 5.41) is 6.08. The number of para-hydroxylation sites is 1. The smallest absolute Gasteiger partial charge is 0.306 e. The Morgan fingerprint density at radius 2 is 1.69 bits per heavy atom. The maximum absolute atomic E-state index is 12.8. The maximum Gasteiger partial charge on any atom is 0.306 e. The lowest BCUT2D eigenvalue weighted by molar-refractivity contribution is -0.144. The molecule has 7 nitrogen and oxygen atoms in total. The van der Waals surface area contributed by atoms with Gasteiger partial charge in [-0.05, 0) is 38.1 Å². The normalized spacial score (nSPS) is 10.6. The van der Waals surface area contributed by atoms with Crippen LogP contribution in [0.25, 0.3) is 11.0 Å². The van der Waals surface area contributed by atoms with E-state index in [1.807, 2.05) is 19.1 Å². The van der Waals surface area contributed by atoms with E-state index >= 15 is 0 Å². The van der Waals surface area contributed by atoms with Crippen LogP contribution < -0.4 is 10.6 Å². The van der Waals surface area contributed by atoms with E-state index in [2.05, 4.69) is 10.6 Å². The molecule has 7 heteroatoms. The van der Waals surface area contributed by atoms with Crippen LogP contribution in [0.1, 0.15) is 35.9 Å². The summed E-state index contributed by atoms with van der Waals surface area (Å²) in [5.41, 5.74) is 2.43. The number of nitrogens with one attached hydrogen (secondary N) is 2. The third-order valence-corrected chi connectivity index (χ3v) is 4.24. The maximum atomic E-state index is 12.8. The first kappa shape index (κ1) is 20.1. The molecule has 0 spiro atoms. The van der Waals surface area contributed by atoms with Gasteiger partial charge in [0.15, 0.2) is 0 Å². The van der Waals surface area contributed by atoms with Crippen molar-refractivity contribution in [2.75, 3.05) is 17.2 Å². The monoisotopic (exact) mass is 394 g/mol. The molecular formula is C22H22N2O5. The summed E-state index contributed by atoms with van der Waals surface area (Å²) < 4.78 is 10.5. The fourth-order valence-corrected chi connectivity index (χ4v) is 2.80. The Labute approximate surface area is 168 Å². The van der Waals surface area contributed by atoms with Gasteiger partial charge in [-0.25, -0.2) is 0 Å². The minimum Gasteiger partial charge on any atom is -0.466 e. The molecule has 0 bridgehead atoms. The summed E-state index contributed by atoms with van der Waals surface area (Å²) >= 11 is 0. The first-order chi connectivity index (χ1) is 14.0. The summed E-state index contributed by atoms with van der Waals surface area (Å²) in [4.78, 5) is 36.6. The topological polar surface area (TPSA) is 97.6 Å². The highest BCUT2D eigenvalue weighted by atomic mass is 16.5. The fraction of sp³-hybridized carbons (Fsp3) is 0.227. The molecule has 2 amide bonds. The Bertz CT molecular complexity index is 1040. The van der Waals surface area contributed by atoms with Crippen LogP contribution in [0.2, 0.25) is 0 Å². The van der Waals surface area contributed by atoms with Crippen LogP contribution in [0.5, 0.6) is 0 Å². The van der Waals surface area contributed by atoms with Gasteiger partial charge in [0.2, 0.25) is 11.7 Å². The first-order valence-electron chi connectivity index (χ1n) is 9.33. The van der Waals surface area contributed by atoms with E-state index in [9.17, 15) is 14.4 Å². The highest BCUT2D eigenvalue weighted by Gasteiger charge is 2.22. The number of ether oxygens (including phenoxy) is 1. The van der Waals surface area contributed by atoms with Gasteiger partial charge in [0.25, 0.3) is 5.91 Å². The van der Waals surface area contributed by atoms with Crippen LogP contribution in [-0.4, -0.2) is 24.4 Å². The SMILES string of the molecule is CCOC(=O)CCC(=O)Nc1c(C(=O)Nc2ccc(C)cc2)oc2ccccc12. The number of anilines is 2. The molecule has 3 rings (SSSR count). The Balaban J connectivity index is 1.82. The number of amides is 2. The van der Waals surface area contributed by atoms with E-state index < -0.39 is 17.8 Å². The van der Waals surface area contributed by atoms with Crippen LogP contribution in [0.4, 0.5) is 11.4 Å². The second kappa shape index (κ2) is 9.05. The molecule has 0 aliphatic rings. The third-order valence-electron chi connectivity index (χ3n) is 4.24. The van der Waals surface area contributed by atoms with Crippen LogP contribution in [-0.2, 0) is 14.3 Å². The van der Waals surface area contributed by atoms with Crippen molar-refractivity contribution in [2.45, 2.75) is 26.7 Å². The zero-order valence-corrected chi connectivity index (χ0v) is 16.3. The lowest BCUT2D eigenvalue weighted by Crippen LogP contribution is -2.18. The van der Waals surface area contributed by atoms with Gasteiger partial charge in [-0.15, -0.1) is 0 Å². The van der Waals surface area contributed by atoms with E-state index in [1.54, 1.807) is 43.3 Å². The Morgan fingerprint density at radius 1 is 0.966 bits per heavy atom. The van der Waals surface area contributed by atoms with Gasteiger partial charge in [-0.3, -0.25) is 14.4 Å². The number of rotatable bonds is 7. The van der Waals surface area contributed by atoms with Crippen LogP contribution in [0, 0.1) is 6.92 Å². The number of benzene rings is 2. The first-order valence-corrected chi connectivity index (χ1v) is 9.33. The molecule has 0 fully saturated rings. The van der Waals surface area contributed by atoms with Gasteiger partial charge in [0, 0.05) is 17.5 Å². The average molecular weight is 394 g/mol. The Morgan fingerprint density at radius 3 is 2.41 bits per heavy atom. The van der Waals surface area contributed by atoms with Crippen molar-refractivity contribution in [1.82, 2.24) is 0 Å². The summed E-state index contributed by atoms with van der Waals surface area (Å²) in [7, 11) is 0. The molecule has 0 unspecified atom stereocenters. The number of hydrogen-bond acceptors (Lipinski definition) is 5.